The molecule has 0 aliphatic rings. The van der Waals surface area contributed by atoms with E-state index >= 15 is 0 Å². The zero-order chi connectivity index (χ0) is 9.52. The summed E-state index contributed by atoms with van der Waals surface area (Å²) in [5.41, 5.74) is 0.843. The van der Waals surface area contributed by atoms with Crippen molar-refractivity contribution >= 4 is 17.7 Å². The Labute approximate surface area is 83.2 Å². The number of nitrogens with zero attached hydrogens (tertiary/aromatic N) is 1. The van der Waals surface area contributed by atoms with Gasteiger partial charge in [0.05, 0.1) is 7.11 Å². The molecule has 0 aliphatic heterocycles. The Hall–Kier alpha value is -1.02. The summed E-state index contributed by atoms with van der Waals surface area (Å²) >= 11 is 5.54. The Morgan fingerprint density at radius 2 is 2.46 bits per heavy atom. The second-order valence-electron chi connectivity index (χ2n) is 2.47. The molecule has 0 saturated heterocycles. The van der Waals surface area contributed by atoms with E-state index in [0.717, 1.165) is 17.9 Å². The molecule has 2 nitrogen and oxygen atoms in total. The molecule has 0 unspecified atom stereocenters. The highest BCUT2D eigenvalue weighted by Crippen LogP contribution is 2.15. The monoisotopic (exact) mass is 197 g/mol. The van der Waals surface area contributed by atoms with Crippen LogP contribution < -0.4 is 4.74 Å². The van der Waals surface area contributed by atoms with Crippen molar-refractivity contribution in [3.63, 3.8) is 0 Å². The fraction of sp³-hybridized carbons (Fsp3) is 0.300. The minimum Gasteiger partial charge on any atom is -0.494 e. The lowest BCUT2D eigenvalue weighted by Gasteiger charge is -2.01. The second-order valence-corrected chi connectivity index (χ2v) is 2.85. The smallest absolute Gasteiger partial charge is 0.144 e. The van der Waals surface area contributed by atoms with Crippen molar-refractivity contribution in [2.75, 3.05) is 13.0 Å². The molecule has 0 aliphatic carbocycles. The number of hydrogen-bond donors (Lipinski definition) is 0. The summed E-state index contributed by atoms with van der Waals surface area (Å²) in [4.78, 5) is 4.17. The number of ether oxygens (including phenoxy) is 1. The number of allylic oxidation sites excluding steroid dienone is 1. The summed E-state index contributed by atoms with van der Waals surface area (Å²) < 4.78 is 5.13. The number of methoxy groups -OCH3 is 1. The van der Waals surface area contributed by atoms with Gasteiger partial charge in [-0.1, -0.05) is 6.08 Å². The molecule has 0 bridgehead atoms. The molecule has 0 saturated carbocycles. The van der Waals surface area contributed by atoms with Gasteiger partial charge in [0.1, 0.15) is 11.4 Å². The van der Waals surface area contributed by atoms with Crippen molar-refractivity contribution in [2.24, 2.45) is 0 Å². The van der Waals surface area contributed by atoms with Crippen LogP contribution >= 0.6 is 11.6 Å². The molecule has 13 heavy (non-hydrogen) atoms. The molecule has 0 fully saturated rings. The molecule has 1 aromatic heterocycles. The topological polar surface area (TPSA) is 22.1 Å². The Kier molecular flexibility index (Phi) is 4.33. The van der Waals surface area contributed by atoms with Gasteiger partial charge in [-0.25, -0.2) is 0 Å². The van der Waals surface area contributed by atoms with Gasteiger partial charge in [0.2, 0.25) is 0 Å². The number of pyridine rings is 1. The highest BCUT2D eigenvalue weighted by atomic mass is 35.5. The van der Waals surface area contributed by atoms with Crippen LogP contribution in [-0.2, 0) is 0 Å². The van der Waals surface area contributed by atoms with Gasteiger partial charge in [-0.15, -0.1) is 11.6 Å². The van der Waals surface area contributed by atoms with Crippen LogP contribution in [0.1, 0.15) is 12.1 Å². The molecular formula is C10H12ClNO. The van der Waals surface area contributed by atoms with E-state index in [9.17, 15) is 0 Å². The van der Waals surface area contributed by atoms with E-state index in [0.29, 0.717) is 5.88 Å². The van der Waals surface area contributed by atoms with E-state index in [1.165, 1.54) is 0 Å². The normalized spacial score (nSPS) is 10.6. The Morgan fingerprint density at radius 1 is 1.62 bits per heavy atom. The van der Waals surface area contributed by atoms with Gasteiger partial charge in [0.25, 0.3) is 0 Å². The molecule has 0 atom stereocenters. The standard InChI is InChI=1S/C10H12ClNO/c1-13-10-6-4-8-12-9(10)5-2-3-7-11/h2,4-6,8H,3,7H2,1H3/b5-2+. The van der Waals surface area contributed by atoms with Crippen LogP contribution in [0, 0.1) is 0 Å². The summed E-state index contributed by atoms with van der Waals surface area (Å²) in [7, 11) is 1.63. The van der Waals surface area contributed by atoms with Gasteiger partial charge in [-0.05, 0) is 24.6 Å². The molecule has 1 rings (SSSR count). The van der Waals surface area contributed by atoms with Crippen molar-refractivity contribution in [3.05, 3.63) is 30.1 Å². The van der Waals surface area contributed by atoms with E-state index in [-0.39, 0.29) is 0 Å². The van der Waals surface area contributed by atoms with Gasteiger partial charge < -0.3 is 4.74 Å². The van der Waals surface area contributed by atoms with Crippen molar-refractivity contribution in [1.29, 1.82) is 0 Å². The fourth-order valence-electron chi connectivity index (χ4n) is 0.958. The van der Waals surface area contributed by atoms with Crippen molar-refractivity contribution in [1.82, 2.24) is 4.98 Å². The molecule has 1 aromatic rings. The number of halogens is 1. The van der Waals surface area contributed by atoms with Crippen LogP contribution in [0.2, 0.25) is 0 Å². The molecule has 0 spiro atoms. The van der Waals surface area contributed by atoms with Gasteiger partial charge in [0.15, 0.2) is 0 Å². The first-order valence-corrected chi connectivity index (χ1v) is 4.63. The van der Waals surface area contributed by atoms with E-state index < -0.39 is 0 Å². The Balaban J connectivity index is 2.74. The quantitative estimate of drug-likeness (QED) is 0.693. The highest BCUT2D eigenvalue weighted by Gasteiger charge is 1.96. The summed E-state index contributed by atoms with van der Waals surface area (Å²) in [5, 5.41) is 0. The average Bonchev–Trinajstić information content (AvgIpc) is 2.19. The lowest BCUT2D eigenvalue weighted by atomic mass is 10.3. The predicted molar refractivity (Wildman–Crippen MR) is 55.2 cm³/mol. The SMILES string of the molecule is COc1cccnc1/C=C/CCCl. The summed E-state index contributed by atoms with van der Waals surface area (Å²) in [5.74, 6) is 1.42. The molecular weight excluding hydrogens is 186 g/mol. The summed E-state index contributed by atoms with van der Waals surface area (Å²) in [6, 6.07) is 3.73. The van der Waals surface area contributed by atoms with Crippen LogP contribution in [0.4, 0.5) is 0 Å². The third-order valence-electron chi connectivity index (χ3n) is 1.57. The molecule has 0 N–H and O–H groups in total. The van der Waals surface area contributed by atoms with Gasteiger partial charge >= 0.3 is 0 Å². The van der Waals surface area contributed by atoms with Crippen LogP contribution in [0.15, 0.2) is 24.4 Å². The maximum absolute atomic E-state index is 5.54. The number of hydrogen-bond acceptors (Lipinski definition) is 2. The molecule has 1 heterocycles. The van der Waals surface area contributed by atoms with E-state index in [1.54, 1.807) is 13.3 Å². The maximum Gasteiger partial charge on any atom is 0.144 e. The van der Waals surface area contributed by atoms with Crippen molar-refractivity contribution < 1.29 is 4.74 Å². The van der Waals surface area contributed by atoms with Crippen LogP contribution in [0.5, 0.6) is 5.75 Å². The molecule has 3 heteroatoms. The lowest BCUT2D eigenvalue weighted by molar-refractivity contribution is 0.412. The number of alkyl halides is 1. The summed E-state index contributed by atoms with van der Waals surface area (Å²) in [6.45, 7) is 0. The molecule has 0 amide bonds. The van der Waals surface area contributed by atoms with Gasteiger partial charge in [-0.2, -0.15) is 0 Å². The van der Waals surface area contributed by atoms with Crippen LogP contribution in [0.3, 0.4) is 0 Å². The third-order valence-corrected chi connectivity index (χ3v) is 1.79. The zero-order valence-corrected chi connectivity index (χ0v) is 8.29. The van der Waals surface area contributed by atoms with E-state index in [2.05, 4.69) is 4.98 Å². The Morgan fingerprint density at radius 3 is 3.15 bits per heavy atom. The van der Waals surface area contributed by atoms with Crippen LogP contribution in [-0.4, -0.2) is 18.0 Å². The molecule has 0 radical (unpaired) electrons. The fourth-order valence-corrected chi connectivity index (χ4v) is 1.08. The predicted octanol–water partition coefficient (Wildman–Crippen LogP) is 2.73. The number of aromatic nitrogens is 1. The van der Waals surface area contributed by atoms with Crippen LogP contribution in [0.25, 0.3) is 6.08 Å². The average molecular weight is 198 g/mol. The Bertz CT molecular complexity index is 286. The van der Waals surface area contributed by atoms with Crippen molar-refractivity contribution in [2.45, 2.75) is 6.42 Å². The molecule has 70 valence electrons. The highest BCUT2D eigenvalue weighted by molar-refractivity contribution is 6.17. The zero-order valence-electron chi connectivity index (χ0n) is 7.53. The first kappa shape index (κ1) is 10.1. The van der Waals surface area contributed by atoms with E-state index in [4.69, 9.17) is 16.3 Å². The number of rotatable bonds is 4. The largest absolute Gasteiger partial charge is 0.494 e. The first-order chi connectivity index (χ1) is 6.38. The minimum absolute atomic E-state index is 0.631. The third kappa shape index (κ3) is 3.07. The van der Waals surface area contributed by atoms with E-state index in [1.807, 2.05) is 24.3 Å². The van der Waals surface area contributed by atoms with Gasteiger partial charge in [-0.3, -0.25) is 4.98 Å². The summed E-state index contributed by atoms with van der Waals surface area (Å²) in [6.07, 6.45) is 6.49. The van der Waals surface area contributed by atoms with Gasteiger partial charge in [0, 0.05) is 12.1 Å². The minimum atomic E-state index is 0.631. The van der Waals surface area contributed by atoms with Crippen molar-refractivity contribution in [3.8, 4) is 5.75 Å². The first-order valence-electron chi connectivity index (χ1n) is 4.10. The molecule has 0 aromatic carbocycles. The second kappa shape index (κ2) is 5.60. The maximum atomic E-state index is 5.54. The lowest BCUT2D eigenvalue weighted by Crippen LogP contribution is -1.88.